The van der Waals surface area contributed by atoms with Crippen molar-refractivity contribution in [3.05, 3.63) is 35.9 Å². The number of carbonyl (C=O) groups is 2. The van der Waals surface area contributed by atoms with Gasteiger partial charge in [0.1, 0.15) is 5.88 Å². The van der Waals surface area contributed by atoms with Gasteiger partial charge < -0.3 is 10.6 Å². The Morgan fingerprint density at radius 2 is 1.59 bits per heavy atom. The number of alkyl halides is 1. The number of amides is 2. The Hall–Kier alpha value is -1.55. The third-order valence-corrected chi connectivity index (χ3v) is 2.34. The number of carbonyl (C=O) groups excluding carboxylic acids is 2. The summed E-state index contributed by atoms with van der Waals surface area (Å²) in [7, 11) is 0. The average Bonchev–Trinajstić information content (AvgIpc) is 2.35. The van der Waals surface area contributed by atoms with Crippen molar-refractivity contribution in [2.24, 2.45) is 0 Å². The Labute approximate surface area is 105 Å². The van der Waals surface area contributed by atoms with E-state index in [2.05, 4.69) is 10.6 Å². The molecule has 0 aliphatic heterocycles. The van der Waals surface area contributed by atoms with Gasteiger partial charge in [-0.15, -0.1) is 11.6 Å². The summed E-state index contributed by atoms with van der Waals surface area (Å²) in [4.78, 5) is 22.3. The van der Waals surface area contributed by atoms with Crippen molar-refractivity contribution in [1.82, 2.24) is 10.6 Å². The van der Waals surface area contributed by atoms with Crippen LogP contribution in [0.2, 0.25) is 0 Å². The molecule has 0 aromatic heterocycles. The second kappa shape index (κ2) is 7.68. The third-order valence-electron chi connectivity index (χ3n) is 2.10. The maximum absolute atomic E-state index is 11.5. The van der Waals surface area contributed by atoms with Gasteiger partial charge in [-0.2, -0.15) is 0 Å². The smallest absolute Gasteiger partial charge is 0.234 e. The lowest BCUT2D eigenvalue weighted by molar-refractivity contribution is -0.121. The number of halogens is 1. The standard InChI is InChI=1S/C12H15ClN2O2/c13-9-12(17)15-7-6-14-11(16)8-10-4-2-1-3-5-10/h1-5H,6-9H2,(H,14,16)(H,15,17). The van der Waals surface area contributed by atoms with Gasteiger partial charge in [0.2, 0.25) is 11.8 Å². The molecule has 0 spiro atoms. The van der Waals surface area contributed by atoms with Crippen molar-refractivity contribution < 1.29 is 9.59 Å². The maximum atomic E-state index is 11.5. The van der Waals surface area contributed by atoms with E-state index in [1.165, 1.54) is 0 Å². The van der Waals surface area contributed by atoms with Crippen LogP contribution >= 0.6 is 11.6 Å². The van der Waals surface area contributed by atoms with Crippen molar-refractivity contribution in [3.63, 3.8) is 0 Å². The molecule has 0 radical (unpaired) electrons. The fourth-order valence-corrected chi connectivity index (χ4v) is 1.39. The van der Waals surface area contributed by atoms with Crippen LogP contribution in [0.25, 0.3) is 0 Å². The van der Waals surface area contributed by atoms with Gasteiger partial charge in [0, 0.05) is 13.1 Å². The molecule has 0 bridgehead atoms. The zero-order valence-electron chi connectivity index (χ0n) is 9.41. The van der Waals surface area contributed by atoms with E-state index < -0.39 is 0 Å². The van der Waals surface area contributed by atoms with Crippen molar-refractivity contribution >= 4 is 23.4 Å². The molecule has 0 aliphatic rings. The van der Waals surface area contributed by atoms with E-state index in [0.29, 0.717) is 19.5 Å². The van der Waals surface area contributed by atoms with Gasteiger partial charge >= 0.3 is 0 Å². The van der Waals surface area contributed by atoms with E-state index in [0.717, 1.165) is 5.56 Å². The van der Waals surface area contributed by atoms with Crippen LogP contribution in [0.1, 0.15) is 5.56 Å². The third kappa shape index (κ3) is 5.92. The predicted molar refractivity (Wildman–Crippen MR) is 66.9 cm³/mol. The Bertz CT molecular complexity index is 368. The summed E-state index contributed by atoms with van der Waals surface area (Å²) >= 11 is 5.30. The fourth-order valence-electron chi connectivity index (χ4n) is 1.29. The van der Waals surface area contributed by atoms with Crippen molar-refractivity contribution in [3.8, 4) is 0 Å². The Kier molecular flexibility index (Phi) is 6.10. The Balaban J connectivity index is 2.16. The topological polar surface area (TPSA) is 58.2 Å². The number of benzene rings is 1. The van der Waals surface area contributed by atoms with Crippen molar-refractivity contribution in [2.75, 3.05) is 19.0 Å². The summed E-state index contributed by atoms with van der Waals surface area (Å²) < 4.78 is 0. The number of nitrogens with one attached hydrogen (secondary N) is 2. The molecule has 0 heterocycles. The molecule has 2 amide bonds. The molecule has 0 saturated heterocycles. The molecule has 0 unspecified atom stereocenters. The van der Waals surface area contributed by atoms with Gasteiger partial charge in [0.05, 0.1) is 6.42 Å². The summed E-state index contributed by atoms with van der Waals surface area (Å²) in [6.07, 6.45) is 0.351. The maximum Gasteiger partial charge on any atom is 0.234 e. The van der Waals surface area contributed by atoms with Gasteiger partial charge in [-0.3, -0.25) is 9.59 Å². The molecule has 1 aromatic carbocycles. The molecule has 1 rings (SSSR count). The molecule has 92 valence electrons. The lowest BCUT2D eigenvalue weighted by Crippen LogP contribution is -2.35. The molecule has 0 saturated carbocycles. The highest BCUT2D eigenvalue weighted by atomic mass is 35.5. The van der Waals surface area contributed by atoms with Crippen LogP contribution in [0.15, 0.2) is 30.3 Å². The second-order valence-corrected chi connectivity index (χ2v) is 3.76. The molecular weight excluding hydrogens is 240 g/mol. The zero-order chi connectivity index (χ0) is 12.5. The SMILES string of the molecule is O=C(CCl)NCCNC(=O)Cc1ccccc1. The summed E-state index contributed by atoms with van der Waals surface area (Å²) in [6, 6.07) is 9.49. The van der Waals surface area contributed by atoms with Crippen LogP contribution in [0, 0.1) is 0 Å². The highest BCUT2D eigenvalue weighted by Crippen LogP contribution is 1.98. The number of hydrogen-bond donors (Lipinski definition) is 2. The van der Waals surface area contributed by atoms with E-state index in [-0.39, 0.29) is 17.7 Å². The van der Waals surface area contributed by atoms with E-state index >= 15 is 0 Å². The zero-order valence-corrected chi connectivity index (χ0v) is 10.2. The van der Waals surface area contributed by atoms with Gasteiger partial charge in [-0.1, -0.05) is 30.3 Å². The lowest BCUT2D eigenvalue weighted by Gasteiger charge is -2.06. The van der Waals surface area contributed by atoms with Crippen LogP contribution in [-0.4, -0.2) is 30.8 Å². The Morgan fingerprint density at radius 3 is 2.18 bits per heavy atom. The number of hydrogen-bond acceptors (Lipinski definition) is 2. The van der Waals surface area contributed by atoms with Gasteiger partial charge in [-0.05, 0) is 5.56 Å². The molecular formula is C12H15ClN2O2. The van der Waals surface area contributed by atoms with Gasteiger partial charge in [-0.25, -0.2) is 0 Å². The van der Waals surface area contributed by atoms with Crippen LogP contribution in [0.4, 0.5) is 0 Å². The van der Waals surface area contributed by atoms with Crippen LogP contribution in [0.3, 0.4) is 0 Å². The monoisotopic (exact) mass is 254 g/mol. The van der Waals surface area contributed by atoms with E-state index in [1.807, 2.05) is 30.3 Å². The quantitative estimate of drug-likeness (QED) is 0.580. The minimum atomic E-state index is -0.232. The van der Waals surface area contributed by atoms with Crippen LogP contribution in [-0.2, 0) is 16.0 Å². The first kappa shape index (κ1) is 13.5. The van der Waals surface area contributed by atoms with Crippen molar-refractivity contribution in [2.45, 2.75) is 6.42 Å². The second-order valence-electron chi connectivity index (χ2n) is 3.50. The highest BCUT2D eigenvalue weighted by molar-refractivity contribution is 6.27. The molecule has 2 N–H and O–H groups in total. The first-order valence-electron chi connectivity index (χ1n) is 5.35. The Morgan fingerprint density at radius 1 is 1.00 bits per heavy atom. The summed E-state index contributed by atoms with van der Waals surface area (Å²) in [5.41, 5.74) is 0.967. The lowest BCUT2D eigenvalue weighted by atomic mass is 10.1. The average molecular weight is 255 g/mol. The number of rotatable bonds is 6. The normalized spacial score (nSPS) is 9.71. The molecule has 0 atom stereocenters. The summed E-state index contributed by atoms with van der Waals surface area (Å²) in [5, 5.41) is 5.28. The van der Waals surface area contributed by atoms with E-state index in [9.17, 15) is 9.59 Å². The largest absolute Gasteiger partial charge is 0.354 e. The van der Waals surface area contributed by atoms with E-state index in [1.54, 1.807) is 0 Å². The van der Waals surface area contributed by atoms with Crippen LogP contribution in [0.5, 0.6) is 0 Å². The minimum Gasteiger partial charge on any atom is -0.354 e. The fraction of sp³-hybridized carbons (Fsp3) is 0.333. The molecule has 5 heteroatoms. The molecule has 17 heavy (non-hydrogen) atoms. The van der Waals surface area contributed by atoms with Crippen LogP contribution < -0.4 is 10.6 Å². The molecule has 0 fully saturated rings. The predicted octanol–water partition coefficient (Wildman–Crippen LogP) is 0.700. The minimum absolute atomic E-state index is 0.0576. The van der Waals surface area contributed by atoms with E-state index in [4.69, 9.17) is 11.6 Å². The van der Waals surface area contributed by atoms with Gasteiger partial charge in [0.15, 0.2) is 0 Å². The van der Waals surface area contributed by atoms with Gasteiger partial charge in [0.25, 0.3) is 0 Å². The summed E-state index contributed by atoms with van der Waals surface area (Å²) in [5.74, 6) is -0.349. The van der Waals surface area contributed by atoms with Crippen molar-refractivity contribution in [1.29, 1.82) is 0 Å². The first-order chi connectivity index (χ1) is 8.22. The summed E-state index contributed by atoms with van der Waals surface area (Å²) in [6.45, 7) is 0.806. The molecule has 4 nitrogen and oxygen atoms in total. The highest BCUT2D eigenvalue weighted by Gasteiger charge is 2.02. The first-order valence-corrected chi connectivity index (χ1v) is 5.89. The molecule has 0 aliphatic carbocycles. The molecule has 1 aromatic rings.